The Bertz CT molecular complexity index is 126. The second-order valence-corrected chi connectivity index (χ2v) is 3.67. The highest BCUT2D eigenvalue weighted by Gasteiger charge is 2.22. The van der Waals surface area contributed by atoms with Crippen molar-refractivity contribution in [2.45, 2.75) is 33.8 Å². The van der Waals surface area contributed by atoms with E-state index < -0.39 is 5.43 Å². The summed E-state index contributed by atoms with van der Waals surface area (Å²) in [6, 6.07) is 0. The summed E-state index contributed by atoms with van der Waals surface area (Å²) in [5.41, 5.74) is -0.771. The molecule has 1 atom stereocenters. The molecule has 60 valence electrons. The van der Waals surface area contributed by atoms with Crippen LogP contribution in [-0.4, -0.2) is 11.5 Å². The number of ether oxygens (including phenoxy) is 1. The summed E-state index contributed by atoms with van der Waals surface area (Å²) in [6.45, 7) is 7.77. The Morgan fingerprint density at radius 1 is 1.50 bits per heavy atom. The van der Waals surface area contributed by atoms with E-state index in [2.05, 4.69) is 0 Å². The summed E-state index contributed by atoms with van der Waals surface area (Å²) < 4.78 is 4.74. The third kappa shape index (κ3) is 3.72. The number of hydrogen-bond acceptors (Lipinski definition) is 2. The zero-order chi connectivity index (χ0) is 8.36. The first-order valence-electron chi connectivity index (χ1n) is 3.20. The van der Waals surface area contributed by atoms with Gasteiger partial charge in [0.2, 0.25) is 0 Å². The molecule has 0 aromatic rings. The largest absolute Gasteiger partial charge is 0.450 e. The van der Waals surface area contributed by atoms with Gasteiger partial charge in [0.25, 0.3) is 0 Å². The molecule has 0 aliphatic heterocycles. The molecule has 0 saturated carbocycles. The summed E-state index contributed by atoms with van der Waals surface area (Å²) in [5, 5.41) is 0. The zero-order valence-electron chi connectivity index (χ0n) is 6.77. The summed E-state index contributed by atoms with van der Waals surface area (Å²) in [6.07, 6.45) is -0.141. The zero-order valence-corrected chi connectivity index (χ0v) is 7.53. The Balaban J connectivity index is 3.85. The van der Waals surface area contributed by atoms with Gasteiger partial charge in [0.15, 0.2) is 0 Å². The van der Waals surface area contributed by atoms with Crippen molar-refractivity contribution in [1.82, 2.24) is 0 Å². The van der Waals surface area contributed by atoms with E-state index in [-0.39, 0.29) is 11.5 Å². The topological polar surface area (TPSA) is 26.3 Å². The molecule has 0 aliphatic carbocycles. The van der Waals surface area contributed by atoms with E-state index in [1.54, 1.807) is 0 Å². The van der Waals surface area contributed by atoms with E-state index in [9.17, 15) is 4.79 Å². The summed E-state index contributed by atoms with van der Waals surface area (Å²) in [7, 11) is 0. The maximum absolute atomic E-state index is 10.2. The van der Waals surface area contributed by atoms with E-state index in [1.807, 2.05) is 27.7 Å². The van der Waals surface area contributed by atoms with Gasteiger partial charge < -0.3 is 4.74 Å². The lowest BCUT2D eigenvalue weighted by atomic mass is 9.90. The van der Waals surface area contributed by atoms with Gasteiger partial charge >= 0.3 is 5.43 Å². The Morgan fingerprint density at radius 2 is 1.90 bits per heavy atom. The maximum Gasteiger partial charge on any atom is 0.404 e. The molecular formula is C7H13ClO2. The van der Waals surface area contributed by atoms with Crippen LogP contribution in [0.4, 0.5) is 4.79 Å². The fourth-order valence-electron chi connectivity index (χ4n) is 0.316. The number of hydrogen-bond donors (Lipinski definition) is 0. The first-order chi connectivity index (χ1) is 4.34. The average molecular weight is 165 g/mol. The minimum atomic E-state index is -0.734. The van der Waals surface area contributed by atoms with E-state index >= 15 is 0 Å². The predicted octanol–water partition coefficient (Wildman–Crippen LogP) is 2.80. The molecule has 0 heterocycles. The SMILES string of the molecule is CC(OC(=O)Cl)C(C)(C)C. The fraction of sp³-hybridized carbons (Fsp3) is 0.857. The highest BCUT2D eigenvalue weighted by Crippen LogP contribution is 2.22. The second kappa shape index (κ2) is 3.24. The molecule has 0 aromatic carbocycles. The second-order valence-electron chi connectivity index (χ2n) is 3.36. The number of carbonyl (C=O) groups excluding carboxylic acids is 1. The van der Waals surface area contributed by atoms with E-state index in [1.165, 1.54) is 0 Å². The first-order valence-corrected chi connectivity index (χ1v) is 3.58. The molecule has 0 fully saturated rings. The molecule has 0 amide bonds. The maximum atomic E-state index is 10.2. The normalized spacial score (nSPS) is 14.5. The molecule has 0 aliphatic rings. The lowest BCUT2D eigenvalue weighted by Gasteiger charge is -2.25. The van der Waals surface area contributed by atoms with Crippen LogP contribution in [0.3, 0.4) is 0 Å². The van der Waals surface area contributed by atoms with Crippen LogP contribution in [0.5, 0.6) is 0 Å². The van der Waals surface area contributed by atoms with Gasteiger partial charge in [0.05, 0.1) is 0 Å². The van der Waals surface area contributed by atoms with Gasteiger partial charge in [-0.05, 0) is 12.3 Å². The Labute approximate surface area is 66.5 Å². The monoisotopic (exact) mass is 164 g/mol. The van der Waals surface area contributed by atoms with Crippen molar-refractivity contribution in [3.05, 3.63) is 0 Å². The van der Waals surface area contributed by atoms with Crippen LogP contribution < -0.4 is 0 Å². The summed E-state index contributed by atoms with van der Waals surface area (Å²) in [4.78, 5) is 10.2. The number of rotatable bonds is 1. The first kappa shape index (κ1) is 9.76. The minimum absolute atomic E-state index is 0.0372. The van der Waals surface area contributed by atoms with Crippen LogP contribution >= 0.6 is 11.6 Å². The molecule has 0 bridgehead atoms. The highest BCUT2D eigenvalue weighted by molar-refractivity contribution is 6.61. The molecule has 0 radical (unpaired) electrons. The highest BCUT2D eigenvalue weighted by atomic mass is 35.5. The molecule has 3 heteroatoms. The van der Waals surface area contributed by atoms with Gasteiger partial charge in [-0.15, -0.1) is 0 Å². The molecule has 1 unspecified atom stereocenters. The smallest absolute Gasteiger partial charge is 0.404 e. The van der Waals surface area contributed by atoms with Crippen LogP contribution in [0.1, 0.15) is 27.7 Å². The molecule has 0 aromatic heterocycles. The Morgan fingerprint density at radius 3 is 2.00 bits per heavy atom. The molecule has 2 nitrogen and oxygen atoms in total. The Hall–Kier alpha value is -0.240. The van der Waals surface area contributed by atoms with Gasteiger partial charge in [0.1, 0.15) is 6.10 Å². The van der Waals surface area contributed by atoms with Crippen LogP contribution in [0.15, 0.2) is 0 Å². The van der Waals surface area contributed by atoms with Crippen LogP contribution in [0.2, 0.25) is 0 Å². The molecule has 10 heavy (non-hydrogen) atoms. The minimum Gasteiger partial charge on any atom is -0.450 e. The van der Waals surface area contributed by atoms with Crippen molar-refractivity contribution < 1.29 is 9.53 Å². The van der Waals surface area contributed by atoms with Crippen molar-refractivity contribution in [3.63, 3.8) is 0 Å². The van der Waals surface area contributed by atoms with E-state index in [4.69, 9.17) is 16.3 Å². The van der Waals surface area contributed by atoms with Crippen LogP contribution in [-0.2, 0) is 4.74 Å². The third-order valence-electron chi connectivity index (χ3n) is 1.49. The quantitative estimate of drug-likeness (QED) is 0.557. The third-order valence-corrected chi connectivity index (χ3v) is 1.58. The van der Waals surface area contributed by atoms with Crippen molar-refractivity contribution in [1.29, 1.82) is 0 Å². The van der Waals surface area contributed by atoms with Crippen molar-refractivity contribution in [3.8, 4) is 0 Å². The summed E-state index contributed by atoms with van der Waals surface area (Å²) >= 11 is 5.02. The predicted molar refractivity (Wildman–Crippen MR) is 41.3 cm³/mol. The van der Waals surface area contributed by atoms with E-state index in [0.717, 1.165) is 0 Å². The van der Waals surface area contributed by atoms with Gasteiger partial charge in [0, 0.05) is 11.6 Å². The molecular weight excluding hydrogens is 152 g/mol. The van der Waals surface area contributed by atoms with Gasteiger partial charge in [-0.25, -0.2) is 4.79 Å². The average Bonchev–Trinajstić information content (AvgIpc) is 1.60. The lowest BCUT2D eigenvalue weighted by molar-refractivity contribution is 0.0601. The van der Waals surface area contributed by atoms with E-state index in [0.29, 0.717) is 0 Å². The van der Waals surface area contributed by atoms with Crippen LogP contribution in [0.25, 0.3) is 0 Å². The number of halogens is 1. The molecule has 0 saturated heterocycles. The van der Waals surface area contributed by atoms with Gasteiger partial charge in [-0.3, -0.25) is 0 Å². The van der Waals surface area contributed by atoms with Gasteiger partial charge in [-0.1, -0.05) is 20.8 Å². The fourth-order valence-corrected chi connectivity index (χ4v) is 0.449. The van der Waals surface area contributed by atoms with Crippen LogP contribution in [0, 0.1) is 5.41 Å². The Kier molecular flexibility index (Phi) is 3.16. The standard InChI is InChI=1S/C7H13ClO2/c1-5(7(2,3)4)10-6(8)9/h5H,1-4H3. The van der Waals surface area contributed by atoms with Crippen molar-refractivity contribution >= 4 is 17.0 Å². The van der Waals surface area contributed by atoms with Gasteiger partial charge in [-0.2, -0.15) is 0 Å². The summed E-state index contributed by atoms with van der Waals surface area (Å²) in [5.74, 6) is 0. The number of carbonyl (C=O) groups is 1. The van der Waals surface area contributed by atoms with Crippen molar-refractivity contribution in [2.24, 2.45) is 5.41 Å². The molecule has 0 spiro atoms. The van der Waals surface area contributed by atoms with Crippen molar-refractivity contribution in [2.75, 3.05) is 0 Å². The molecule has 0 rings (SSSR count). The molecule has 0 N–H and O–H groups in total. The lowest BCUT2D eigenvalue weighted by Crippen LogP contribution is -2.26.